The van der Waals surface area contributed by atoms with E-state index in [4.69, 9.17) is 0 Å². The van der Waals surface area contributed by atoms with Crippen LogP contribution in [0.5, 0.6) is 0 Å². The third-order valence-corrected chi connectivity index (χ3v) is 4.74. The molecule has 1 amide bonds. The van der Waals surface area contributed by atoms with Gasteiger partial charge in [0.15, 0.2) is 0 Å². The number of carboxylic acids is 1. The molecule has 124 valence electrons. The molecular formula is C19H18FNO3. The maximum atomic E-state index is 13.5. The average molecular weight is 327 g/mol. The van der Waals surface area contributed by atoms with Gasteiger partial charge in [-0.1, -0.05) is 24.6 Å². The monoisotopic (exact) mass is 327 g/mol. The summed E-state index contributed by atoms with van der Waals surface area (Å²) in [5.74, 6) is -1.62. The molecule has 3 rings (SSSR count). The van der Waals surface area contributed by atoms with Gasteiger partial charge in [-0.2, -0.15) is 0 Å². The molecule has 1 aliphatic carbocycles. The molecule has 4 nitrogen and oxygen atoms in total. The number of nitrogens with one attached hydrogen (secondary N) is 1. The number of amides is 1. The highest BCUT2D eigenvalue weighted by Gasteiger charge is 2.45. The topological polar surface area (TPSA) is 66.4 Å². The number of aromatic carboxylic acids is 1. The lowest BCUT2D eigenvalue weighted by Crippen LogP contribution is -2.46. The molecule has 0 atom stereocenters. The average Bonchev–Trinajstić information content (AvgIpc) is 2.48. The summed E-state index contributed by atoms with van der Waals surface area (Å²) in [5, 5.41) is 12.0. The van der Waals surface area contributed by atoms with Gasteiger partial charge in [0.1, 0.15) is 5.82 Å². The van der Waals surface area contributed by atoms with E-state index in [-0.39, 0.29) is 17.3 Å². The lowest BCUT2D eigenvalue weighted by molar-refractivity contribution is -0.124. The minimum absolute atomic E-state index is 0.154. The van der Waals surface area contributed by atoms with Crippen molar-refractivity contribution in [3.05, 3.63) is 65.0 Å². The molecular weight excluding hydrogens is 309 g/mol. The van der Waals surface area contributed by atoms with E-state index >= 15 is 0 Å². The molecule has 0 saturated heterocycles. The van der Waals surface area contributed by atoms with Crippen LogP contribution in [0.15, 0.2) is 42.5 Å². The van der Waals surface area contributed by atoms with E-state index in [1.165, 1.54) is 18.2 Å². The number of aryl methyl sites for hydroxylation is 1. The highest BCUT2D eigenvalue weighted by molar-refractivity contribution is 6.01. The molecule has 5 heteroatoms. The van der Waals surface area contributed by atoms with Crippen LogP contribution in [0.3, 0.4) is 0 Å². The molecule has 1 saturated carbocycles. The van der Waals surface area contributed by atoms with Crippen LogP contribution in [0.2, 0.25) is 0 Å². The zero-order valence-electron chi connectivity index (χ0n) is 13.3. The quantitative estimate of drug-likeness (QED) is 0.895. The summed E-state index contributed by atoms with van der Waals surface area (Å²) in [6.45, 7) is 1.70. The van der Waals surface area contributed by atoms with Crippen LogP contribution in [0.1, 0.15) is 40.7 Å². The lowest BCUT2D eigenvalue weighted by Gasteiger charge is -2.40. The first-order chi connectivity index (χ1) is 11.4. The Labute approximate surface area is 139 Å². The molecule has 0 heterocycles. The first-order valence-corrected chi connectivity index (χ1v) is 7.84. The van der Waals surface area contributed by atoms with E-state index in [2.05, 4.69) is 5.32 Å². The molecule has 0 aliphatic heterocycles. The molecule has 24 heavy (non-hydrogen) atoms. The van der Waals surface area contributed by atoms with Crippen molar-refractivity contribution in [3.8, 4) is 0 Å². The fourth-order valence-electron chi connectivity index (χ4n) is 3.14. The Balaban J connectivity index is 1.88. The second kappa shape index (κ2) is 6.07. The van der Waals surface area contributed by atoms with Crippen molar-refractivity contribution < 1.29 is 19.1 Å². The summed E-state index contributed by atoms with van der Waals surface area (Å²) in [6, 6.07) is 10.9. The number of carbonyl (C=O) groups is 2. The smallest absolute Gasteiger partial charge is 0.336 e. The first-order valence-electron chi connectivity index (χ1n) is 7.84. The van der Waals surface area contributed by atoms with Crippen LogP contribution in [0, 0.1) is 12.7 Å². The van der Waals surface area contributed by atoms with Gasteiger partial charge >= 0.3 is 5.97 Å². The van der Waals surface area contributed by atoms with E-state index in [0.717, 1.165) is 6.42 Å². The number of hydrogen-bond donors (Lipinski definition) is 2. The second-order valence-corrected chi connectivity index (χ2v) is 6.23. The van der Waals surface area contributed by atoms with Gasteiger partial charge in [0.25, 0.3) is 0 Å². The SMILES string of the molecule is Cc1ccc(NC(=O)C2(c3cccc(F)c3)CCC2)cc1C(=O)O. The van der Waals surface area contributed by atoms with E-state index in [1.807, 2.05) is 0 Å². The Kier molecular flexibility index (Phi) is 4.09. The van der Waals surface area contributed by atoms with Crippen LogP contribution in [-0.2, 0) is 10.2 Å². The summed E-state index contributed by atoms with van der Waals surface area (Å²) in [6.07, 6.45) is 2.21. The molecule has 2 aromatic rings. The van der Waals surface area contributed by atoms with Gasteiger partial charge in [-0.3, -0.25) is 4.79 Å². The van der Waals surface area contributed by atoms with Crippen LogP contribution >= 0.6 is 0 Å². The highest BCUT2D eigenvalue weighted by Crippen LogP contribution is 2.44. The number of hydrogen-bond acceptors (Lipinski definition) is 2. The Morgan fingerprint density at radius 1 is 1.17 bits per heavy atom. The maximum Gasteiger partial charge on any atom is 0.336 e. The van der Waals surface area contributed by atoms with E-state index in [9.17, 15) is 19.1 Å². The van der Waals surface area contributed by atoms with Gasteiger partial charge in [-0.15, -0.1) is 0 Å². The zero-order valence-corrected chi connectivity index (χ0v) is 13.3. The number of carboxylic acid groups (broad SMARTS) is 1. The van der Waals surface area contributed by atoms with Gasteiger partial charge < -0.3 is 10.4 Å². The lowest BCUT2D eigenvalue weighted by atomic mass is 9.63. The molecule has 0 radical (unpaired) electrons. The number of carbonyl (C=O) groups excluding carboxylic acids is 1. The summed E-state index contributed by atoms with van der Waals surface area (Å²) in [5.41, 5.74) is 1.14. The van der Waals surface area contributed by atoms with Gasteiger partial charge in [-0.25, -0.2) is 9.18 Å². The Hall–Kier alpha value is -2.69. The predicted molar refractivity (Wildman–Crippen MR) is 88.7 cm³/mol. The molecule has 0 unspecified atom stereocenters. The minimum Gasteiger partial charge on any atom is -0.478 e. The van der Waals surface area contributed by atoms with E-state index < -0.39 is 11.4 Å². The van der Waals surface area contributed by atoms with Crippen molar-refractivity contribution >= 4 is 17.6 Å². The highest BCUT2D eigenvalue weighted by atomic mass is 19.1. The van der Waals surface area contributed by atoms with Crippen molar-refractivity contribution in [2.24, 2.45) is 0 Å². The van der Waals surface area contributed by atoms with Crippen molar-refractivity contribution in [2.75, 3.05) is 5.32 Å². The largest absolute Gasteiger partial charge is 0.478 e. The predicted octanol–water partition coefficient (Wildman–Crippen LogP) is 3.89. The van der Waals surface area contributed by atoms with Crippen molar-refractivity contribution in [1.82, 2.24) is 0 Å². The van der Waals surface area contributed by atoms with Gasteiger partial charge in [0.05, 0.1) is 11.0 Å². The third-order valence-electron chi connectivity index (χ3n) is 4.74. The Morgan fingerprint density at radius 3 is 2.50 bits per heavy atom. The minimum atomic E-state index is -1.04. The van der Waals surface area contributed by atoms with Crippen molar-refractivity contribution in [1.29, 1.82) is 0 Å². The Morgan fingerprint density at radius 2 is 1.92 bits per heavy atom. The number of halogens is 1. The molecule has 0 aromatic heterocycles. The fourth-order valence-corrected chi connectivity index (χ4v) is 3.14. The molecule has 2 N–H and O–H groups in total. The van der Waals surface area contributed by atoms with Gasteiger partial charge in [-0.05, 0) is 55.2 Å². The van der Waals surface area contributed by atoms with Crippen LogP contribution in [0.25, 0.3) is 0 Å². The number of benzene rings is 2. The molecule has 2 aromatic carbocycles. The summed E-state index contributed by atoms with van der Waals surface area (Å²) < 4.78 is 13.5. The maximum absolute atomic E-state index is 13.5. The molecule has 0 bridgehead atoms. The van der Waals surface area contributed by atoms with Crippen LogP contribution in [-0.4, -0.2) is 17.0 Å². The summed E-state index contributed by atoms with van der Waals surface area (Å²) in [7, 11) is 0. The molecule has 1 aliphatic rings. The summed E-state index contributed by atoms with van der Waals surface area (Å²) >= 11 is 0. The van der Waals surface area contributed by atoms with Crippen molar-refractivity contribution in [2.45, 2.75) is 31.6 Å². The molecule has 0 spiro atoms. The number of anilines is 1. The van der Waals surface area contributed by atoms with Crippen LogP contribution < -0.4 is 5.32 Å². The number of rotatable bonds is 4. The zero-order chi connectivity index (χ0) is 17.3. The van der Waals surface area contributed by atoms with Gasteiger partial charge in [0.2, 0.25) is 5.91 Å². The fraction of sp³-hybridized carbons (Fsp3) is 0.263. The van der Waals surface area contributed by atoms with Crippen molar-refractivity contribution in [3.63, 3.8) is 0 Å². The normalized spacial score (nSPS) is 15.4. The van der Waals surface area contributed by atoms with E-state index in [0.29, 0.717) is 29.7 Å². The summed E-state index contributed by atoms with van der Waals surface area (Å²) in [4.78, 5) is 24.0. The van der Waals surface area contributed by atoms with Crippen LogP contribution in [0.4, 0.5) is 10.1 Å². The molecule has 1 fully saturated rings. The first kappa shape index (κ1) is 16.2. The standard InChI is InChI=1S/C19H18FNO3/c1-12-6-7-15(11-16(12)17(22)23)21-18(24)19(8-3-9-19)13-4-2-5-14(20)10-13/h2,4-7,10-11H,3,8-9H2,1H3,(H,21,24)(H,22,23). The second-order valence-electron chi connectivity index (χ2n) is 6.23. The Bertz CT molecular complexity index is 812. The third kappa shape index (κ3) is 2.77. The van der Waals surface area contributed by atoms with Gasteiger partial charge in [0, 0.05) is 5.69 Å². The van der Waals surface area contributed by atoms with E-state index in [1.54, 1.807) is 31.2 Å².